The lowest BCUT2D eigenvalue weighted by Crippen LogP contribution is -2.65. The molecule has 1 aromatic rings. The lowest BCUT2D eigenvalue weighted by atomic mass is 9.38. The fraction of sp³-hybridized carbons (Fsp3) is 0.759. The van der Waals surface area contributed by atoms with E-state index in [2.05, 4.69) is 76.6 Å². The van der Waals surface area contributed by atoms with Gasteiger partial charge in [0.15, 0.2) is 0 Å². The van der Waals surface area contributed by atoms with Gasteiger partial charge in [-0.1, -0.05) is 72.3 Å². The monoisotopic (exact) mass is 986 g/mol. The summed E-state index contributed by atoms with van der Waals surface area (Å²) in [5.74, 6) is 1.99. The van der Waals surface area contributed by atoms with E-state index in [-0.39, 0.29) is 45.9 Å². The zero-order chi connectivity index (χ0) is 50.8. The molecular weight excluding hydrogens is 899 g/mol. The van der Waals surface area contributed by atoms with E-state index in [0.29, 0.717) is 92.9 Å². The Kier molecular flexibility index (Phi) is 16.7. The number of carbonyl (C=O) groups excluding carboxylic acids is 2. The highest BCUT2D eigenvalue weighted by molar-refractivity contribution is 7.91. The number of fused-ring (bicyclic) bond motifs is 5. The van der Waals surface area contributed by atoms with Gasteiger partial charge < -0.3 is 24.6 Å². The minimum Gasteiger partial charge on any atom is -0.475 e. The predicted octanol–water partition coefficient (Wildman–Crippen LogP) is 11.7. The van der Waals surface area contributed by atoms with Crippen molar-refractivity contribution in [3.05, 3.63) is 59.3 Å². The molecule has 0 spiro atoms. The summed E-state index contributed by atoms with van der Waals surface area (Å²) in [6.45, 7) is 21.5. The van der Waals surface area contributed by atoms with Gasteiger partial charge in [-0.25, -0.2) is 13.4 Å². The Labute approximate surface area is 421 Å². The van der Waals surface area contributed by atoms with Crippen LogP contribution in [0, 0.1) is 62.6 Å². The molecule has 7 rings (SSSR count). The van der Waals surface area contributed by atoms with Crippen molar-refractivity contribution in [3.8, 4) is 11.9 Å². The van der Waals surface area contributed by atoms with Gasteiger partial charge in [-0.3, -0.25) is 9.59 Å². The van der Waals surface area contributed by atoms with Crippen molar-refractivity contribution in [1.82, 2.24) is 10.3 Å². The molecule has 0 radical (unpaired) electrons. The maximum absolute atomic E-state index is 14.0. The molecule has 2 N–H and O–H groups in total. The van der Waals surface area contributed by atoms with Crippen LogP contribution in [-0.4, -0.2) is 73.0 Å². The number of sulfone groups is 1. The van der Waals surface area contributed by atoms with Gasteiger partial charge in [0.05, 0.1) is 10.9 Å². The first kappa shape index (κ1) is 54.2. The molecule has 0 bridgehead atoms. The highest BCUT2D eigenvalue weighted by Crippen LogP contribution is 2.72. The van der Waals surface area contributed by atoms with Crippen LogP contribution in [0.15, 0.2) is 53.8 Å². The number of hydrogen-bond acceptors (Lipinski definition) is 11. The molecule has 0 amide bonds. The third-order valence-corrected chi connectivity index (χ3v) is 21.8. The van der Waals surface area contributed by atoms with Gasteiger partial charge in [0.2, 0.25) is 12.7 Å². The number of nitriles is 1. The maximum Gasteiger partial charge on any atom is 0.318 e. The molecule has 0 unspecified atom stereocenters. The number of rotatable bonds is 19. The molecule has 6 aliphatic rings. The molecule has 5 saturated carbocycles. The number of allylic oxidation sites excluding steroid dienone is 5. The Morgan fingerprint density at radius 1 is 1.00 bits per heavy atom. The second-order valence-electron chi connectivity index (χ2n) is 24.2. The second-order valence-corrected chi connectivity index (χ2v) is 26.5. The molecule has 0 aliphatic heterocycles. The minimum absolute atomic E-state index is 0.0197. The van der Waals surface area contributed by atoms with Crippen molar-refractivity contribution in [3.63, 3.8) is 0 Å². The maximum atomic E-state index is 14.0. The Hall–Kier alpha value is -3.53. The minimum atomic E-state index is -3.09. The summed E-state index contributed by atoms with van der Waals surface area (Å²) in [6.07, 6.45) is 25.6. The number of hydrogen-bond donors (Lipinski definition) is 2. The van der Waals surface area contributed by atoms with Crippen molar-refractivity contribution < 1.29 is 37.3 Å². The average Bonchev–Trinajstić information content (AvgIpc) is 3.71. The SMILES string of the molecule is C=C(C)[C@@H]1CC[C@]2(NCCC3(O)CCC(S(C)(=O)=O)CC3)CC[C@]3(C)[C@H](CC[C@@H]4C[C@H](C(C)(C)/C(=C\CCC)C5=CC[C@@](COc6ncccc6C#N)(C(=O)OCOC(=O)CCC)CC5)CC[C@]43C)[C@@H]12. The summed E-state index contributed by atoms with van der Waals surface area (Å²) in [4.78, 5) is 30.5. The molecule has 70 heavy (non-hydrogen) atoms. The molecule has 0 aromatic carbocycles. The normalized spacial score (nSPS) is 35.5. The Balaban J connectivity index is 1.07. The molecule has 12 heteroatoms. The predicted molar refractivity (Wildman–Crippen MR) is 275 cm³/mol. The van der Waals surface area contributed by atoms with Gasteiger partial charge in [-0.05, 0) is 205 Å². The van der Waals surface area contributed by atoms with Crippen LogP contribution in [-0.2, 0) is 28.9 Å². The quantitative estimate of drug-likeness (QED) is 0.0770. The first-order valence-corrected chi connectivity index (χ1v) is 29.1. The van der Waals surface area contributed by atoms with Crippen molar-refractivity contribution >= 4 is 21.8 Å². The van der Waals surface area contributed by atoms with E-state index >= 15 is 0 Å². The van der Waals surface area contributed by atoms with Crippen molar-refractivity contribution in [2.45, 2.75) is 200 Å². The molecule has 388 valence electrons. The molecule has 0 saturated heterocycles. The Morgan fingerprint density at radius 2 is 1.76 bits per heavy atom. The lowest BCUT2D eigenvalue weighted by molar-refractivity contribution is -0.177. The van der Waals surface area contributed by atoms with Crippen molar-refractivity contribution in [2.24, 2.45) is 51.2 Å². The van der Waals surface area contributed by atoms with E-state index in [1.165, 1.54) is 61.5 Å². The van der Waals surface area contributed by atoms with Gasteiger partial charge in [0.1, 0.15) is 33.5 Å². The summed E-state index contributed by atoms with van der Waals surface area (Å²) < 4.78 is 41.6. The number of nitrogens with one attached hydrogen (secondary N) is 1. The Bertz CT molecular complexity index is 2290. The number of nitrogens with zero attached hydrogens (tertiary/aromatic N) is 2. The van der Waals surface area contributed by atoms with Gasteiger partial charge in [-0.15, -0.1) is 0 Å². The summed E-state index contributed by atoms with van der Waals surface area (Å²) in [7, 11) is -3.09. The van der Waals surface area contributed by atoms with Crippen LogP contribution < -0.4 is 10.1 Å². The number of pyridine rings is 1. The van der Waals surface area contributed by atoms with Crippen LogP contribution in [0.1, 0.15) is 189 Å². The van der Waals surface area contributed by atoms with E-state index in [1.54, 1.807) is 18.3 Å². The number of aromatic nitrogens is 1. The fourth-order valence-corrected chi connectivity index (χ4v) is 16.5. The molecule has 1 heterocycles. The largest absolute Gasteiger partial charge is 0.475 e. The van der Waals surface area contributed by atoms with Gasteiger partial charge in [0, 0.05) is 24.4 Å². The van der Waals surface area contributed by atoms with Gasteiger partial charge in [0.25, 0.3) is 0 Å². The van der Waals surface area contributed by atoms with Crippen LogP contribution in [0.4, 0.5) is 0 Å². The standard InChI is InChI=1S/C58H87N3O8S/c1-10-12-16-47(41-19-26-56(27-20-41,52(63)69-39-68-49(62)14-11-2)38-67-51-42(37-59)15-13-34-60-51)53(5,6)43-21-25-54(7)44(36-43)17-18-48-50-46(40(3)4)24-30-58(50,32-31-55(48,54)8)61-35-33-57(64)28-22-45(23-29-57)70(9,65)66/h13,15-16,19,34,43-46,48,50,61,64H,3,10-12,14,17-18,20-33,35-36,38-39H2,1-2,4-9H3/b47-16-/t43-,44-,45?,46+,48-,50-,54-,55-,56-,57?,58+/m1/s1. The lowest BCUT2D eigenvalue weighted by Gasteiger charge is -2.68. The zero-order valence-electron chi connectivity index (χ0n) is 44.1. The van der Waals surface area contributed by atoms with Gasteiger partial charge in [-0.2, -0.15) is 5.26 Å². The molecule has 9 atom stereocenters. The highest BCUT2D eigenvalue weighted by Gasteiger charge is 2.67. The van der Waals surface area contributed by atoms with Crippen LogP contribution in [0.5, 0.6) is 5.88 Å². The van der Waals surface area contributed by atoms with Crippen LogP contribution >= 0.6 is 0 Å². The van der Waals surface area contributed by atoms with Crippen LogP contribution in [0.2, 0.25) is 0 Å². The van der Waals surface area contributed by atoms with Crippen LogP contribution in [0.25, 0.3) is 0 Å². The highest BCUT2D eigenvalue weighted by atomic mass is 32.2. The number of esters is 2. The number of carbonyl (C=O) groups is 2. The fourth-order valence-electron chi connectivity index (χ4n) is 15.4. The molecular formula is C58H87N3O8S. The van der Waals surface area contributed by atoms with Crippen LogP contribution in [0.3, 0.4) is 0 Å². The molecule has 11 nitrogen and oxygen atoms in total. The van der Waals surface area contributed by atoms with E-state index < -0.39 is 39.6 Å². The van der Waals surface area contributed by atoms with Gasteiger partial charge >= 0.3 is 11.9 Å². The first-order valence-electron chi connectivity index (χ1n) is 27.1. The number of unbranched alkanes of at least 4 members (excludes halogenated alkanes) is 1. The summed E-state index contributed by atoms with van der Waals surface area (Å²) in [5, 5.41) is 25.2. The second kappa shape index (κ2) is 21.5. The number of ether oxygens (including phenoxy) is 3. The third-order valence-electron chi connectivity index (χ3n) is 20.1. The average molecular weight is 986 g/mol. The third kappa shape index (κ3) is 10.7. The zero-order valence-corrected chi connectivity index (χ0v) is 45.0. The van der Waals surface area contributed by atoms with E-state index in [9.17, 15) is 28.4 Å². The van der Waals surface area contributed by atoms with Crippen molar-refractivity contribution in [2.75, 3.05) is 26.2 Å². The topological polar surface area (TPSA) is 165 Å². The summed E-state index contributed by atoms with van der Waals surface area (Å²) >= 11 is 0. The molecule has 6 aliphatic carbocycles. The van der Waals surface area contributed by atoms with Crippen molar-refractivity contribution in [1.29, 1.82) is 5.26 Å². The first-order chi connectivity index (χ1) is 33.1. The van der Waals surface area contributed by atoms with E-state index in [1.807, 2.05) is 6.92 Å². The smallest absolute Gasteiger partial charge is 0.318 e. The summed E-state index contributed by atoms with van der Waals surface area (Å²) in [5.41, 5.74) is 2.77. The summed E-state index contributed by atoms with van der Waals surface area (Å²) in [6, 6.07) is 5.47. The Morgan fingerprint density at radius 3 is 2.41 bits per heavy atom. The van der Waals surface area contributed by atoms with E-state index in [0.717, 1.165) is 38.6 Å². The van der Waals surface area contributed by atoms with E-state index in [4.69, 9.17) is 14.2 Å². The number of aliphatic hydroxyl groups is 1. The molecule has 5 fully saturated rings. The molecule has 1 aromatic heterocycles.